The summed E-state index contributed by atoms with van der Waals surface area (Å²) >= 11 is 0. The van der Waals surface area contributed by atoms with Gasteiger partial charge in [-0.25, -0.2) is 0 Å². The van der Waals surface area contributed by atoms with E-state index in [2.05, 4.69) is 20.7 Å². The smallest absolute Gasteiger partial charge is 0.276 e. The molecule has 3 heterocycles. The zero-order chi connectivity index (χ0) is 15.4. The summed E-state index contributed by atoms with van der Waals surface area (Å²) < 4.78 is 7.06. The lowest BCUT2D eigenvalue weighted by molar-refractivity contribution is 0.102. The first-order chi connectivity index (χ1) is 10.8. The standard InChI is InChI=1S/C15H19N5O2.2ClH/c1-22-14-4-7-17-10-13(14)18-15(21)12-5-8-20(19-12)11-3-2-6-16-9-11;;/h4-5,7-8,10-11,16H,2-3,6,9H2,1H3,(H,18,21);2*1H. The number of nitrogens with zero attached hydrogens (tertiary/aromatic N) is 3. The van der Waals surface area contributed by atoms with Crippen LogP contribution in [0.1, 0.15) is 29.4 Å². The van der Waals surface area contributed by atoms with Crippen molar-refractivity contribution in [3.8, 4) is 5.75 Å². The number of nitrogens with one attached hydrogen (secondary N) is 2. The van der Waals surface area contributed by atoms with Gasteiger partial charge in [-0.05, 0) is 25.5 Å². The Morgan fingerprint density at radius 2 is 2.25 bits per heavy atom. The number of pyridine rings is 1. The van der Waals surface area contributed by atoms with Gasteiger partial charge in [-0.3, -0.25) is 14.5 Å². The third kappa shape index (κ3) is 4.59. The summed E-state index contributed by atoms with van der Waals surface area (Å²) in [6.45, 7) is 1.94. The number of anilines is 1. The van der Waals surface area contributed by atoms with Gasteiger partial charge < -0.3 is 15.4 Å². The van der Waals surface area contributed by atoms with E-state index < -0.39 is 0 Å². The number of ether oxygens (including phenoxy) is 1. The van der Waals surface area contributed by atoms with Gasteiger partial charge >= 0.3 is 0 Å². The van der Waals surface area contributed by atoms with Gasteiger partial charge in [-0.2, -0.15) is 5.10 Å². The zero-order valence-corrected chi connectivity index (χ0v) is 14.9. The topological polar surface area (TPSA) is 81.1 Å². The fourth-order valence-corrected chi connectivity index (χ4v) is 2.56. The predicted molar refractivity (Wildman–Crippen MR) is 96.6 cm³/mol. The fraction of sp³-hybridized carbons (Fsp3) is 0.400. The third-order valence-electron chi connectivity index (χ3n) is 3.74. The number of halogens is 2. The molecule has 0 aromatic carbocycles. The quantitative estimate of drug-likeness (QED) is 0.859. The molecule has 0 bridgehead atoms. The molecule has 0 spiro atoms. The first-order valence-electron chi connectivity index (χ1n) is 7.33. The van der Waals surface area contributed by atoms with Gasteiger partial charge in [0.15, 0.2) is 5.69 Å². The molecule has 1 fully saturated rings. The van der Waals surface area contributed by atoms with Crippen molar-refractivity contribution in [2.24, 2.45) is 0 Å². The van der Waals surface area contributed by atoms with Crippen LogP contribution in [0.25, 0.3) is 0 Å². The molecule has 2 aromatic rings. The number of aromatic nitrogens is 3. The van der Waals surface area contributed by atoms with E-state index in [0.717, 1.165) is 25.9 Å². The summed E-state index contributed by atoms with van der Waals surface area (Å²) in [5, 5.41) is 10.5. The molecule has 2 N–H and O–H groups in total. The molecule has 132 valence electrons. The molecule has 0 radical (unpaired) electrons. The first-order valence-corrected chi connectivity index (χ1v) is 7.33. The maximum absolute atomic E-state index is 12.3. The number of carbonyl (C=O) groups is 1. The normalized spacial score (nSPS) is 16.5. The molecule has 1 amide bonds. The predicted octanol–water partition coefficient (Wildman–Crippen LogP) is 2.31. The highest BCUT2D eigenvalue weighted by atomic mass is 35.5. The summed E-state index contributed by atoms with van der Waals surface area (Å²) in [7, 11) is 1.55. The van der Waals surface area contributed by atoms with Crippen molar-refractivity contribution in [2.75, 3.05) is 25.5 Å². The number of amides is 1. The molecular formula is C15H21Cl2N5O2. The van der Waals surface area contributed by atoms with Crippen molar-refractivity contribution in [1.29, 1.82) is 0 Å². The largest absolute Gasteiger partial charge is 0.494 e. The summed E-state index contributed by atoms with van der Waals surface area (Å²) in [6, 6.07) is 3.73. The Morgan fingerprint density at radius 3 is 2.96 bits per heavy atom. The molecule has 9 heteroatoms. The highest BCUT2D eigenvalue weighted by Gasteiger charge is 2.18. The van der Waals surface area contributed by atoms with Crippen LogP contribution < -0.4 is 15.4 Å². The molecule has 24 heavy (non-hydrogen) atoms. The first kappa shape index (κ1) is 20.2. The monoisotopic (exact) mass is 373 g/mol. The van der Waals surface area contributed by atoms with Gasteiger partial charge in [0.05, 0.1) is 19.3 Å². The molecule has 0 saturated carbocycles. The van der Waals surface area contributed by atoms with Crippen LogP contribution in [-0.2, 0) is 0 Å². The fourth-order valence-electron chi connectivity index (χ4n) is 2.56. The van der Waals surface area contributed by atoms with Crippen molar-refractivity contribution in [3.05, 3.63) is 36.4 Å². The zero-order valence-electron chi connectivity index (χ0n) is 13.3. The van der Waals surface area contributed by atoms with E-state index in [4.69, 9.17) is 4.74 Å². The number of methoxy groups -OCH3 is 1. The summed E-state index contributed by atoms with van der Waals surface area (Å²) in [6.07, 6.45) is 7.22. The second kappa shape index (κ2) is 9.46. The van der Waals surface area contributed by atoms with Crippen LogP contribution in [0.5, 0.6) is 5.75 Å². The minimum atomic E-state index is -0.270. The third-order valence-corrected chi connectivity index (χ3v) is 3.74. The van der Waals surface area contributed by atoms with Crippen molar-refractivity contribution in [1.82, 2.24) is 20.1 Å². The van der Waals surface area contributed by atoms with Crippen LogP contribution in [0.4, 0.5) is 5.69 Å². The van der Waals surface area contributed by atoms with Crippen LogP contribution in [-0.4, -0.2) is 40.9 Å². The number of rotatable bonds is 4. The van der Waals surface area contributed by atoms with Gasteiger partial charge in [0, 0.05) is 25.0 Å². The Bertz CT molecular complexity index is 659. The van der Waals surface area contributed by atoms with Crippen LogP contribution in [0.15, 0.2) is 30.7 Å². The number of carbonyl (C=O) groups excluding carboxylic acids is 1. The molecule has 1 atom stereocenters. The van der Waals surface area contributed by atoms with Crippen LogP contribution in [0, 0.1) is 0 Å². The Kier molecular flexibility index (Phi) is 7.97. The SMILES string of the molecule is COc1ccncc1NC(=O)c1ccn(C2CCCNC2)n1.Cl.Cl. The van der Waals surface area contributed by atoms with Crippen LogP contribution in [0.2, 0.25) is 0 Å². The van der Waals surface area contributed by atoms with E-state index in [0.29, 0.717) is 23.2 Å². The minimum absolute atomic E-state index is 0. The van der Waals surface area contributed by atoms with Crippen molar-refractivity contribution in [2.45, 2.75) is 18.9 Å². The lowest BCUT2D eigenvalue weighted by Gasteiger charge is -2.22. The van der Waals surface area contributed by atoms with Gasteiger partial charge in [0.2, 0.25) is 0 Å². The van der Waals surface area contributed by atoms with Crippen molar-refractivity contribution in [3.63, 3.8) is 0 Å². The Balaban J connectivity index is 0.00000144. The van der Waals surface area contributed by atoms with Crippen LogP contribution >= 0.6 is 24.8 Å². The molecule has 1 aliphatic heterocycles. The number of hydrogen-bond acceptors (Lipinski definition) is 5. The van der Waals surface area contributed by atoms with Gasteiger partial charge in [-0.1, -0.05) is 0 Å². The lowest BCUT2D eigenvalue weighted by Crippen LogP contribution is -2.32. The maximum Gasteiger partial charge on any atom is 0.276 e. The minimum Gasteiger partial charge on any atom is -0.494 e. The highest BCUT2D eigenvalue weighted by molar-refractivity contribution is 6.03. The van der Waals surface area contributed by atoms with Gasteiger partial charge in [0.1, 0.15) is 11.4 Å². The van der Waals surface area contributed by atoms with E-state index in [-0.39, 0.29) is 30.7 Å². The number of piperidine rings is 1. The summed E-state index contributed by atoms with van der Waals surface area (Å²) in [5.41, 5.74) is 0.917. The van der Waals surface area contributed by atoms with Gasteiger partial charge in [0.25, 0.3) is 5.91 Å². The van der Waals surface area contributed by atoms with E-state index in [1.807, 2.05) is 10.9 Å². The Hall–Kier alpha value is -1.83. The summed E-state index contributed by atoms with van der Waals surface area (Å²) in [5.74, 6) is 0.299. The number of hydrogen-bond donors (Lipinski definition) is 2. The molecule has 1 aliphatic rings. The van der Waals surface area contributed by atoms with E-state index in [1.54, 1.807) is 31.6 Å². The van der Waals surface area contributed by atoms with Crippen LogP contribution in [0.3, 0.4) is 0 Å². The van der Waals surface area contributed by atoms with Crippen molar-refractivity contribution >= 4 is 36.4 Å². The molecule has 1 saturated heterocycles. The van der Waals surface area contributed by atoms with Crippen molar-refractivity contribution < 1.29 is 9.53 Å². The van der Waals surface area contributed by atoms with E-state index in [1.165, 1.54) is 0 Å². The molecule has 1 unspecified atom stereocenters. The Morgan fingerprint density at radius 1 is 1.42 bits per heavy atom. The van der Waals surface area contributed by atoms with Gasteiger partial charge in [-0.15, -0.1) is 24.8 Å². The molecular weight excluding hydrogens is 353 g/mol. The second-order valence-corrected chi connectivity index (χ2v) is 5.21. The molecule has 0 aliphatic carbocycles. The van der Waals surface area contributed by atoms with E-state index in [9.17, 15) is 4.79 Å². The Labute approximate surface area is 153 Å². The maximum atomic E-state index is 12.3. The summed E-state index contributed by atoms with van der Waals surface area (Å²) in [4.78, 5) is 16.3. The highest BCUT2D eigenvalue weighted by Crippen LogP contribution is 2.22. The molecule has 2 aromatic heterocycles. The molecule has 3 rings (SSSR count). The second-order valence-electron chi connectivity index (χ2n) is 5.21. The average molecular weight is 374 g/mol. The molecule has 7 nitrogen and oxygen atoms in total. The average Bonchev–Trinajstić information content (AvgIpc) is 3.06. The van der Waals surface area contributed by atoms with E-state index >= 15 is 0 Å². The lowest BCUT2D eigenvalue weighted by atomic mass is 10.1.